The van der Waals surface area contributed by atoms with Crippen LogP contribution in [-0.2, 0) is 22.7 Å². The quantitative estimate of drug-likeness (QED) is 0.474. The minimum Gasteiger partial charge on any atom is -0.329 e. The number of pyridine rings is 1. The summed E-state index contributed by atoms with van der Waals surface area (Å²) in [5.74, 6) is -0.298. The molecule has 0 radical (unpaired) electrons. The molecule has 1 heterocycles. The first-order valence-electron chi connectivity index (χ1n) is 9.59. The summed E-state index contributed by atoms with van der Waals surface area (Å²) < 4.78 is 0. The number of hydrogen-bond donors (Lipinski definition) is 1. The molecule has 0 spiro atoms. The largest absolute Gasteiger partial charge is 0.329 e. The summed E-state index contributed by atoms with van der Waals surface area (Å²) in [5.41, 5.74) is 3.19. The molecule has 7 heteroatoms. The van der Waals surface area contributed by atoms with Gasteiger partial charge in [0.2, 0.25) is 11.8 Å². The van der Waals surface area contributed by atoms with Crippen LogP contribution in [-0.4, -0.2) is 21.7 Å². The van der Waals surface area contributed by atoms with Crippen molar-refractivity contribution in [3.05, 3.63) is 99.8 Å². The molecular formula is C24H21Cl2N3O2. The van der Waals surface area contributed by atoms with Gasteiger partial charge in [0.1, 0.15) is 0 Å². The van der Waals surface area contributed by atoms with Crippen LogP contribution in [0, 0.1) is 0 Å². The normalized spacial score (nSPS) is 10.8. The molecule has 0 saturated heterocycles. The minimum absolute atomic E-state index is 0.133. The molecule has 0 fully saturated rings. The van der Waals surface area contributed by atoms with E-state index in [2.05, 4.69) is 10.3 Å². The molecule has 3 rings (SSSR count). The third-order valence-electron chi connectivity index (χ3n) is 4.40. The highest BCUT2D eigenvalue weighted by Gasteiger charge is 2.14. The van der Waals surface area contributed by atoms with Crippen LogP contribution in [0.4, 0.5) is 5.69 Å². The van der Waals surface area contributed by atoms with Crippen molar-refractivity contribution in [1.29, 1.82) is 0 Å². The van der Waals surface area contributed by atoms with Crippen LogP contribution < -0.4 is 5.32 Å². The van der Waals surface area contributed by atoms with E-state index in [0.29, 0.717) is 28.8 Å². The van der Waals surface area contributed by atoms with Crippen molar-refractivity contribution in [2.45, 2.75) is 20.0 Å². The molecule has 0 unspecified atom stereocenters. The van der Waals surface area contributed by atoms with Crippen molar-refractivity contribution in [2.24, 2.45) is 0 Å². The number of benzene rings is 2. The van der Waals surface area contributed by atoms with E-state index < -0.39 is 0 Å². The van der Waals surface area contributed by atoms with Crippen LogP contribution in [0.3, 0.4) is 0 Å². The van der Waals surface area contributed by atoms with E-state index in [-0.39, 0.29) is 11.8 Å². The smallest absolute Gasteiger partial charge is 0.247 e. The van der Waals surface area contributed by atoms with Gasteiger partial charge in [-0.15, -0.1) is 0 Å². The number of amides is 2. The second-order valence-electron chi connectivity index (χ2n) is 6.90. The van der Waals surface area contributed by atoms with E-state index in [0.717, 1.165) is 16.8 Å². The first-order chi connectivity index (χ1) is 14.9. The Morgan fingerprint density at radius 3 is 2.42 bits per heavy atom. The summed E-state index contributed by atoms with van der Waals surface area (Å²) in [5, 5.41) is 3.62. The SMILES string of the molecule is CC(=O)Nc1ccc(/C=C/C(=O)N(Cc2ccc(Cl)c(Cl)c2)Cc2ccccn2)cc1. The average molecular weight is 454 g/mol. The van der Waals surface area contributed by atoms with Crippen LogP contribution in [0.15, 0.2) is 72.9 Å². The van der Waals surface area contributed by atoms with E-state index in [9.17, 15) is 9.59 Å². The third-order valence-corrected chi connectivity index (χ3v) is 5.14. The molecule has 2 amide bonds. The van der Waals surface area contributed by atoms with Gasteiger partial charge in [0.25, 0.3) is 0 Å². The maximum atomic E-state index is 13.0. The van der Waals surface area contributed by atoms with Gasteiger partial charge in [-0.05, 0) is 53.6 Å². The van der Waals surface area contributed by atoms with Crippen molar-refractivity contribution in [2.75, 3.05) is 5.32 Å². The number of hydrogen-bond acceptors (Lipinski definition) is 3. The van der Waals surface area contributed by atoms with Gasteiger partial charge in [0.05, 0.1) is 22.3 Å². The number of nitrogens with zero attached hydrogens (tertiary/aromatic N) is 2. The summed E-state index contributed by atoms with van der Waals surface area (Å²) in [6.07, 6.45) is 4.96. The monoisotopic (exact) mass is 453 g/mol. The number of anilines is 1. The molecule has 1 aromatic heterocycles. The summed E-state index contributed by atoms with van der Waals surface area (Å²) in [7, 11) is 0. The predicted octanol–water partition coefficient (Wildman–Crippen LogP) is 5.59. The lowest BCUT2D eigenvalue weighted by molar-refractivity contribution is -0.127. The van der Waals surface area contributed by atoms with Crippen molar-refractivity contribution in [1.82, 2.24) is 9.88 Å². The molecule has 0 aliphatic heterocycles. The fraction of sp³-hybridized carbons (Fsp3) is 0.125. The van der Waals surface area contributed by atoms with Gasteiger partial charge in [-0.1, -0.05) is 47.5 Å². The molecule has 0 aliphatic carbocycles. The van der Waals surface area contributed by atoms with Crippen molar-refractivity contribution in [3.8, 4) is 0 Å². The molecule has 0 bridgehead atoms. The molecule has 2 aromatic carbocycles. The van der Waals surface area contributed by atoms with Gasteiger partial charge in [0.15, 0.2) is 0 Å². The first-order valence-corrected chi connectivity index (χ1v) is 10.3. The Kier molecular flexibility index (Phi) is 7.82. The Morgan fingerprint density at radius 2 is 1.77 bits per heavy atom. The standard InChI is InChI=1S/C24H21Cl2N3O2/c1-17(30)28-20-9-5-18(6-10-20)8-12-24(31)29(16-21-4-2-3-13-27-21)15-19-7-11-22(25)23(26)14-19/h2-14H,15-16H2,1H3,(H,28,30)/b12-8+. The topological polar surface area (TPSA) is 62.3 Å². The lowest BCUT2D eigenvalue weighted by atomic mass is 10.1. The number of nitrogens with one attached hydrogen (secondary N) is 1. The zero-order valence-corrected chi connectivity index (χ0v) is 18.4. The predicted molar refractivity (Wildman–Crippen MR) is 125 cm³/mol. The summed E-state index contributed by atoms with van der Waals surface area (Å²) in [6.45, 7) is 2.17. The molecule has 0 atom stereocenters. The third kappa shape index (κ3) is 6.95. The highest BCUT2D eigenvalue weighted by Crippen LogP contribution is 2.23. The van der Waals surface area contributed by atoms with E-state index in [1.165, 1.54) is 13.0 Å². The summed E-state index contributed by atoms with van der Waals surface area (Å²) >= 11 is 12.1. The van der Waals surface area contributed by atoms with Crippen LogP contribution in [0.2, 0.25) is 10.0 Å². The lowest BCUT2D eigenvalue weighted by Crippen LogP contribution is -2.28. The first kappa shape index (κ1) is 22.5. The van der Waals surface area contributed by atoms with Crippen LogP contribution in [0.25, 0.3) is 6.08 Å². The summed E-state index contributed by atoms with van der Waals surface area (Å²) in [6, 6.07) is 18.1. The lowest BCUT2D eigenvalue weighted by Gasteiger charge is -2.21. The second kappa shape index (κ2) is 10.8. The Morgan fingerprint density at radius 1 is 1.00 bits per heavy atom. The molecule has 0 aliphatic rings. The van der Waals surface area contributed by atoms with E-state index in [1.54, 1.807) is 41.4 Å². The Labute approximate surface area is 191 Å². The average Bonchev–Trinajstić information content (AvgIpc) is 2.75. The van der Waals surface area contributed by atoms with Crippen LogP contribution >= 0.6 is 23.2 Å². The molecule has 3 aromatic rings. The van der Waals surface area contributed by atoms with Gasteiger partial charge in [-0.3, -0.25) is 14.6 Å². The van der Waals surface area contributed by atoms with E-state index >= 15 is 0 Å². The Balaban J connectivity index is 1.76. The van der Waals surface area contributed by atoms with Crippen molar-refractivity contribution >= 4 is 46.8 Å². The van der Waals surface area contributed by atoms with Gasteiger partial charge in [-0.2, -0.15) is 0 Å². The maximum absolute atomic E-state index is 13.0. The number of carbonyl (C=O) groups excluding carboxylic acids is 2. The number of halogens is 2. The molecule has 0 saturated carbocycles. The maximum Gasteiger partial charge on any atom is 0.247 e. The molecule has 31 heavy (non-hydrogen) atoms. The molecule has 1 N–H and O–H groups in total. The summed E-state index contributed by atoms with van der Waals surface area (Å²) in [4.78, 5) is 30.1. The molecular weight excluding hydrogens is 433 g/mol. The van der Waals surface area contributed by atoms with Gasteiger partial charge in [-0.25, -0.2) is 0 Å². The Bertz CT molecular complexity index is 1080. The minimum atomic E-state index is -0.164. The fourth-order valence-electron chi connectivity index (χ4n) is 2.91. The van der Waals surface area contributed by atoms with E-state index in [1.807, 2.05) is 36.4 Å². The molecule has 5 nitrogen and oxygen atoms in total. The van der Waals surface area contributed by atoms with Crippen molar-refractivity contribution in [3.63, 3.8) is 0 Å². The Hall–Kier alpha value is -3.15. The highest BCUT2D eigenvalue weighted by atomic mass is 35.5. The zero-order valence-electron chi connectivity index (χ0n) is 16.9. The van der Waals surface area contributed by atoms with E-state index in [4.69, 9.17) is 23.2 Å². The second-order valence-corrected chi connectivity index (χ2v) is 7.71. The number of carbonyl (C=O) groups is 2. The van der Waals surface area contributed by atoms with Gasteiger partial charge >= 0.3 is 0 Å². The van der Waals surface area contributed by atoms with Gasteiger partial charge in [0, 0.05) is 31.4 Å². The fourth-order valence-corrected chi connectivity index (χ4v) is 3.23. The van der Waals surface area contributed by atoms with Gasteiger partial charge < -0.3 is 10.2 Å². The van der Waals surface area contributed by atoms with Crippen LogP contribution in [0.5, 0.6) is 0 Å². The van der Waals surface area contributed by atoms with Crippen molar-refractivity contribution < 1.29 is 9.59 Å². The molecule has 158 valence electrons. The number of aromatic nitrogens is 1. The zero-order chi connectivity index (χ0) is 22.2. The number of rotatable bonds is 7. The highest BCUT2D eigenvalue weighted by molar-refractivity contribution is 6.42. The van der Waals surface area contributed by atoms with Crippen LogP contribution in [0.1, 0.15) is 23.7 Å².